The molecule has 0 aliphatic heterocycles. The van der Waals surface area contributed by atoms with Crippen LogP contribution < -0.4 is 0 Å². The van der Waals surface area contributed by atoms with Gasteiger partial charge >= 0.3 is 0 Å². The van der Waals surface area contributed by atoms with Crippen LogP contribution in [-0.2, 0) is 5.41 Å². The van der Waals surface area contributed by atoms with Crippen LogP contribution >= 0.6 is 27.5 Å². The van der Waals surface area contributed by atoms with Gasteiger partial charge in [0.2, 0.25) is 0 Å². The van der Waals surface area contributed by atoms with E-state index >= 15 is 0 Å². The molecule has 31 heavy (non-hydrogen) atoms. The molecule has 1 spiro atoms. The molecule has 2 aliphatic carbocycles. The summed E-state index contributed by atoms with van der Waals surface area (Å²) in [4.78, 5) is 0. The second-order valence-corrected chi connectivity index (χ2v) is 9.64. The lowest BCUT2D eigenvalue weighted by Gasteiger charge is -2.40. The molecule has 0 atom stereocenters. The number of fused-ring (bicyclic) bond motifs is 9. The van der Waals surface area contributed by atoms with Gasteiger partial charge in [0.05, 0.1) is 5.41 Å². The first kappa shape index (κ1) is 17.8. The largest absolute Gasteiger partial charge is 0.0843 e. The van der Waals surface area contributed by atoms with Gasteiger partial charge in [0.15, 0.2) is 0 Å². The quantitative estimate of drug-likeness (QED) is 0.204. The SMILES string of the molecule is Clc1ccc2c(c1)C1(c3ccccc3-c3ccccc31)c1cccc3c(Br)ccc-2c13. The van der Waals surface area contributed by atoms with E-state index in [4.69, 9.17) is 11.6 Å². The summed E-state index contributed by atoms with van der Waals surface area (Å²) in [7, 11) is 0. The van der Waals surface area contributed by atoms with E-state index < -0.39 is 0 Å². The number of rotatable bonds is 0. The van der Waals surface area contributed by atoms with Crippen LogP contribution in [0.3, 0.4) is 0 Å². The molecular weight excluding hydrogens is 464 g/mol. The maximum Gasteiger partial charge on any atom is 0.0726 e. The molecule has 0 aromatic heterocycles. The Kier molecular flexibility index (Phi) is 3.49. The molecule has 5 aromatic rings. The monoisotopic (exact) mass is 478 g/mol. The highest BCUT2D eigenvalue weighted by Gasteiger charge is 2.49. The van der Waals surface area contributed by atoms with Crippen LogP contribution in [0, 0.1) is 0 Å². The molecule has 5 aromatic carbocycles. The predicted molar refractivity (Wildman–Crippen MR) is 133 cm³/mol. The fourth-order valence-electron chi connectivity index (χ4n) is 5.93. The van der Waals surface area contributed by atoms with Gasteiger partial charge in [-0.25, -0.2) is 0 Å². The minimum Gasteiger partial charge on any atom is -0.0843 e. The average molecular weight is 480 g/mol. The van der Waals surface area contributed by atoms with Gasteiger partial charge in [0.1, 0.15) is 0 Å². The van der Waals surface area contributed by atoms with E-state index in [9.17, 15) is 0 Å². The first-order chi connectivity index (χ1) is 15.2. The van der Waals surface area contributed by atoms with Gasteiger partial charge in [0.25, 0.3) is 0 Å². The molecule has 2 aliphatic rings. The zero-order valence-electron chi connectivity index (χ0n) is 16.5. The molecule has 0 fully saturated rings. The zero-order chi connectivity index (χ0) is 20.7. The van der Waals surface area contributed by atoms with Crippen molar-refractivity contribution in [1.82, 2.24) is 0 Å². The molecule has 0 saturated carbocycles. The summed E-state index contributed by atoms with van der Waals surface area (Å²) in [6.07, 6.45) is 0. The fourth-order valence-corrected chi connectivity index (χ4v) is 6.56. The van der Waals surface area contributed by atoms with Gasteiger partial charge in [0, 0.05) is 9.50 Å². The molecule has 0 amide bonds. The van der Waals surface area contributed by atoms with E-state index in [-0.39, 0.29) is 5.41 Å². The Morgan fingerprint density at radius 3 is 1.90 bits per heavy atom. The Labute approximate surface area is 194 Å². The second-order valence-electron chi connectivity index (χ2n) is 8.35. The highest BCUT2D eigenvalue weighted by atomic mass is 79.9. The molecule has 2 heteroatoms. The van der Waals surface area contributed by atoms with Gasteiger partial charge in [-0.05, 0) is 73.5 Å². The molecule has 0 nitrogen and oxygen atoms in total. The zero-order valence-corrected chi connectivity index (χ0v) is 18.8. The molecule has 7 rings (SSSR count). The van der Waals surface area contributed by atoms with Gasteiger partial charge < -0.3 is 0 Å². The minimum atomic E-state index is -0.388. The Balaban J connectivity index is 1.81. The summed E-state index contributed by atoms with van der Waals surface area (Å²) >= 11 is 10.4. The van der Waals surface area contributed by atoms with Crippen LogP contribution in [0.2, 0.25) is 5.02 Å². The van der Waals surface area contributed by atoms with Crippen LogP contribution in [0.1, 0.15) is 22.3 Å². The first-order valence-corrected chi connectivity index (χ1v) is 11.6. The highest BCUT2D eigenvalue weighted by molar-refractivity contribution is 9.10. The minimum absolute atomic E-state index is 0.388. The molecule has 0 bridgehead atoms. The van der Waals surface area contributed by atoms with Gasteiger partial charge in [-0.3, -0.25) is 0 Å². The van der Waals surface area contributed by atoms with Crippen LogP contribution in [0.5, 0.6) is 0 Å². The van der Waals surface area contributed by atoms with Gasteiger partial charge in [-0.15, -0.1) is 0 Å². The van der Waals surface area contributed by atoms with E-state index in [1.807, 2.05) is 6.07 Å². The van der Waals surface area contributed by atoms with E-state index in [0.29, 0.717) is 0 Å². The maximum atomic E-state index is 6.64. The van der Waals surface area contributed by atoms with E-state index in [1.54, 1.807) is 0 Å². The molecular formula is C29H16BrCl. The van der Waals surface area contributed by atoms with Crippen molar-refractivity contribution >= 4 is 38.3 Å². The van der Waals surface area contributed by atoms with Gasteiger partial charge in [-0.2, -0.15) is 0 Å². The van der Waals surface area contributed by atoms with Crippen molar-refractivity contribution in [2.24, 2.45) is 0 Å². The molecule has 0 heterocycles. The van der Waals surface area contributed by atoms with Crippen LogP contribution in [-0.4, -0.2) is 0 Å². The summed E-state index contributed by atoms with van der Waals surface area (Å²) in [5, 5.41) is 3.34. The van der Waals surface area contributed by atoms with Crippen molar-refractivity contribution in [3.8, 4) is 22.3 Å². The van der Waals surface area contributed by atoms with Crippen molar-refractivity contribution in [3.63, 3.8) is 0 Å². The molecule has 0 radical (unpaired) electrons. The summed E-state index contributed by atoms with van der Waals surface area (Å²) < 4.78 is 1.13. The smallest absolute Gasteiger partial charge is 0.0726 e. The number of benzene rings is 5. The van der Waals surface area contributed by atoms with E-state index in [0.717, 1.165) is 9.50 Å². The summed E-state index contributed by atoms with van der Waals surface area (Å²) in [6, 6.07) is 35.2. The fraction of sp³-hybridized carbons (Fsp3) is 0.0345. The summed E-state index contributed by atoms with van der Waals surface area (Å²) in [5.41, 5.74) is 10.0. The normalized spacial score (nSPS) is 14.4. The Bertz CT molecular complexity index is 1520. The molecule has 0 saturated heterocycles. The predicted octanol–water partition coefficient (Wildman–Crippen LogP) is 8.60. The maximum absolute atomic E-state index is 6.64. The van der Waals surface area contributed by atoms with Crippen LogP contribution in [0.4, 0.5) is 0 Å². The molecule has 146 valence electrons. The third kappa shape index (κ3) is 2.06. The van der Waals surface area contributed by atoms with Crippen molar-refractivity contribution in [1.29, 1.82) is 0 Å². The third-order valence-corrected chi connectivity index (χ3v) is 7.95. The van der Waals surface area contributed by atoms with E-state index in [1.165, 1.54) is 55.3 Å². The van der Waals surface area contributed by atoms with Crippen LogP contribution in [0.25, 0.3) is 33.0 Å². The standard InChI is InChI=1S/C29H16BrCl/c30-27-15-14-21-20-13-12-17(31)16-26(20)29(25-11-5-8-22(27)28(21)25)23-9-3-1-6-18(23)19-7-2-4-10-24(19)29/h1-16H. The van der Waals surface area contributed by atoms with Crippen molar-refractivity contribution in [2.75, 3.05) is 0 Å². The van der Waals surface area contributed by atoms with Crippen molar-refractivity contribution in [3.05, 3.63) is 129 Å². The second kappa shape index (κ2) is 6.09. The van der Waals surface area contributed by atoms with Gasteiger partial charge in [-0.1, -0.05) is 106 Å². The number of hydrogen-bond acceptors (Lipinski definition) is 0. The Morgan fingerprint density at radius 2 is 1.16 bits per heavy atom. The Hall–Kier alpha value is -2.87. The topological polar surface area (TPSA) is 0 Å². The summed E-state index contributed by atoms with van der Waals surface area (Å²) in [5.74, 6) is 0. The summed E-state index contributed by atoms with van der Waals surface area (Å²) in [6.45, 7) is 0. The van der Waals surface area contributed by atoms with Crippen molar-refractivity contribution in [2.45, 2.75) is 5.41 Å². The first-order valence-electron chi connectivity index (χ1n) is 10.4. The van der Waals surface area contributed by atoms with Crippen LogP contribution in [0.15, 0.2) is 102 Å². The third-order valence-electron chi connectivity index (χ3n) is 7.02. The lowest BCUT2D eigenvalue weighted by atomic mass is 9.61. The van der Waals surface area contributed by atoms with E-state index in [2.05, 4.69) is 107 Å². The number of halogens is 2. The highest BCUT2D eigenvalue weighted by Crippen LogP contribution is 2.62. The number of hydrogen-bond donors (Lipinski definition) is 0. The lowest BCUT2D eigenvalue weighted by molar-refractivity contribution is 0.773. The van der Waals surface area contributed by atoms with Crippen molar-refractivity contribution < 1.29 is 0 Å². The molecule has 0 unspecified atom stereocenters. The lowest BCUT2D eigenvalue weighted by Crippen LogP contribution is -2.31. The molecule has 0 N–H and O–H groups in total. The Morgan fingerprint density at radius 1 is 0.548 bits per heavy atom. The average Bonchev–Trinajstić information content (AvgIpc) is 3.10.